The van der Waals surface area contributed by atoms with Crippen LogP contribution >= 0.6 is 23.2 Å². The van der Waals surface area contributed by atoms with Crippen LogP contribution < -0.4 is 10.1 Å². The summed E-state index contributed by atoms with van der Waals surface area (Å²) in [6.07, 6.45) is 0. The van der Waals surface area contributed by atoms with Crippen LogP contribution in [0.4, 0.5) is 5.82 Å². The molecule has 0 unspecified atom stereocenters. The molecule has 0 aliphatic rings. The van der Waals surface area contributed by atoms with Gasteiger partial charge in [0.2, 0.25) is 5.88 Å². The van der Waals surface area contributed by atoms with Crippen LogP contribution in [0.15, 0.2) is 6.07 Å². The van der Waals surface area contributed by atoms with E-state index in [4.69, 9.17) is 42.1 Å². The lowest BCUT2D eigenvalue weighted by Crippen LogP contribution is -2.13. The molecule has 0 fully saturated rings. The minimum atomic E-state index is 0.324. The molecule has 0 amide bonds. The maximum absolute atomic E-state index is 6.00. The maximum atomic E-state index is 6.00. The number of hydrogen-bond acceptors (Lipinski definition) is 6. The van der Waals surface area contributed by atoms with Gasteiger partial charge in [-0.15, -0.1) is 0 Å². The molecule has 8 heteroatoms. The molecule has 6 nitrogen and oxygen atoms in total. The minimum absolute atomic E-state index is 0.324. The van der Waals surface area contributed by atoms with Gasteiger partial charge in [-0.1, -0.05) is 23.2 Å². The number of aromatic nitrogens is 1. The number of nitrogens with zero attached hydrogens (tertiary/aromatic N) is 1. The normalized spacial score (nSPS) is 10.7. The first-order valence-corrected chi connectivity index (χ1v) is 7.25. The SMILES string of the molecule is CNc1nc(OCCOCCOCCOC)c(Cl)cc1Cl. The summed E-state index contributed by atoms with van der Waals surface area (Å²) in [6, 6.07) is 1.59. The van der Waals surface area contributed by atoms with Crippen molar-refractivity contribution in [2.24, 2.45) is 0 Å². The average molecular weight is 339 g/mol. The van der Waals surface area contributed by atoms with Crippen molar-refractivity contribution < 1.29 is 18.9 Å². The minimum Gasteiger partial charge on any atom is -0.474 e. The van der Waals surface area contributed by atoms with Crippen LogP contribution in [0.2, 0.25) is 10.0 Å². The number of hydrogen-bond donors (Lipinski definition) is 1. The van der Waals surface area contributed by atoms with Crippen LogP contribution in [0.1, 0.15) is 0 Å². The van der Waals surface area contributed by atoms with Crippen LogP contribution in [0.25, 0.3) is 0 Å². The summed E-state index contributed by atoms with van der Waals surface area (Å²) in [5.74, 6) is 0.842. The molecule has 1 heterocycles. The Bertz CT molecular complexity index is 421. The Morgan fingerprint density at radius 1 is 1.00 bits per heavy atom. The lowest BCUT2D eigenvalue weighted by atomic mass is 10.4. The zero-order valence-electron chi connectivity index (χ0n) is 12.2. The van der Waals surface area contributed by atoms with Crippen molar-refractivity contribution in [3.05, 3.63) is 16.1 Å². The first kappa shape index (κ1) is 18.3. The third-order valence-electron chi connectivity index (χ3n) is 2.40. The van der Waals surface area contributed by atoms with Gasteiger partial charge in [0, 0.05) is 14.2 Å². The first-order valence-electron chi connectivity index (χ1n) is 6.50. The molecule has 1 rings (SSSR count). The highest BCUT2D eigenvalue weighted by atomic mass is 35.5. The molecule has 0 radical (unpaired) electrons. The van der Waals surface area contributed by atoms with Gasteiger partial charge in [-0.05, 0) is 6.07 Å². The van der Waals surface area contributed by atoms with Gasteiger partial charge in [-0.3, -0.25) is 0 Å². The maximum Gasteiger partial charge on any atom is 0.234 e. The molecule has 0 saturated heterocycles. The third kappa shape index (κ3) is 7.15. The van der Waals surface area contributed by atoms with Gasteiger partial charge < -0.3 is 24.3 Å². The largest absolute Gasteiger partial charge is 0.474 e. The van der Waals surface area contributed by atoms with E-state index in [1.165, 1.54) is 0 Å². The molecule has 0 aliphatic heterocycles. The molecule has 1 N–H and O–H groups in total. The molecule has 120 valence electrons. The molecule has 0 aliphatic carbocycles. The fourth-order valence-corrected chi connectivity index (χ4v) is 1.90. The zero-order valence-corrected chi connectivity index (χ0v) is 13.7. The van der Waals surface area contributed by atoms with E-state index in [1.807, 2.05) is 0 Å². The second-order valence-electron chi connectivity index (χ2n) is 3.92. The topological polar surface area (TPSA) is 61.8 Å². The van der Waals surface area contributed by atoms with Gasteiger partial charge in [0.1, 0.15) is 17.4 Å². The standard InChI is InChI=1S/C13H20Cl2N2O4/c1-16-12-10(14)9-11(15)13(17-12)21-8-7-20-6-5-19-4-3-18-2/h9H,3-8H2,1-2H3,(H,16,17). The van der Waals surface area contributed by atoms with Gasteiger partial charge in [0.25, 0.3) is 0 Å². The van der Waals surface area contributed by atoms with Crippen molar-refractivity contribution in [3.8, 4) is 5.88 Å². The highest BCUT2D eigenvalue weighted by Gasteiger charge is 2.09. The average Bonchev–Trinajstić information content (AvgIpc) is 2.47. The first-order chi connectivity index (χ1) is 10.2. The Morgan fingerprint density at radius 2 is 1.62 bits per heavy atom. The van der Waals surface area contributed by atoms with Crippen molar-refractivity contribution in [3.63, 3.8) is 0 Å². The molecule has 1 aromatic heterocycles. The number of pyridine rings is 1. The van der Waals surface area contributed by atoms with Gasteiger partial charge in [0.05, 0.1) is 38.1 Å². The Hall–Kier alpha value is -0.790. The van der Waals surface area contributed by atoms with Crippen LogP contribution in [0.5, 0.6) is 5.88 Å². The molecule has 0 atom stereocenters. The third-order valence-corrected chi connectivity index (χ3v) is 2.96. The van der Waals surface area contributed by atoms with Gasteiger partial charge >= 0.3 is 0 Å². The molecular formula is C13H20Cl2N2O4. The van der Waals surface area contributed by atoms with Gasteiger partial charge in [0.15, 0.2) is 0 Å². The number of ether oxygens (including phenoxy) is 4. The van der Waals surface area contributed by atoms with Crippen molar-refractivity contribution in [2.75, 3.05) is 59.1 Å². The summed E-state index contributed by atoms with van der Waals surface area (Å²) in [6.45, 7) is 2.92. The molecule has 0 saturated carbocycles. The number of nitrogens with one attached hydrogen (secondary N) is 1. The second-order valence-corrected chi connectivity index (χ2v) is 4.74. The number of anilines is 1. The van der Waals surface area contributed by atoms with Crippen LogP contribution in [-0.4, -0.2) is 58.8 Å². The Balaban J connectivity index is 2.18. The monoisotopic (exact) mass is 338 g/mol. The van der Waals surface area contributed by atoms with E-state index < -0.39 is 0 Å². The van der Waals surface area contributed by atoms with Crippen molar-refractivity contribution in [2.45, 2.75) is 0 Å². The predicted molar refractivity (Wildman–Crippen MR) is 82.8 cm³/mol. The molecule has 0 spiro atoms. The molecule has 1 aromatic rings. The summed E-state index contributed by atoms with van der Waals surface area (Å²) in [4.78, 5) is 4.17. The smallest absolute Gasteiger partial charge is 0.234 e. The van der Waals surface area contributed by atoms with E-state index in [-0.39, 0.29) is 0 Å². The van der Waals surface area contributed by atoms with Crippen molar-refractivity contribution >= 4 is 29.0 Å². The van der Waals surface area contributed by atoms with E-state index in [9.17, 15) is 0 Å². The van der Waals surface area contributed by atoms with Crippen LogP contribution in [-0.2, 0) is 14.2 Å². The highest BCUT2D eigenvalue weighted by Crippen LogP contribution is 2.30. The fraction of sp³-hybridized carbons (Fsp3) is 0.615. The number of methoxy groups -OCH3 is 1. The van der Waals surface area contributed by atoms with E-state index in [1.54, 1.807) is 20.2 Å². The molecular weight excluding hydrogens is 319 g/mol. The van der Waals surface area contributed by atoms with E-state index >= 15 is 0 Å². The van der Waals surface area contributed by atoms with E-state index in [0.717, 1.165) is 0 Å². The van der Waals surface area contributed by atoms with E-state index in [0.29, 0.717) is 61.4 Å². The Labute approximate surface area is 134 Å². The number of rotatable bonds is 11. The van der Waals surface area contributed by atoms with Gasteiger partial charge in [-0.25, -0.2) is 0 Å². The zero-order chi connectivity index (χ0) is 15.5. The second kappa shape index (κ2) is 10.9. The lowest BCUT2D eigenvalue weighted by Gasteiger charge is -2.10. The molecule has 0 aromatic carbocycles. The Morgan fingerprint density at radius 3 is 2.24 bits per heavy atom. The van der Waals surface area contributed by atoms with Crippen molar-refractivity contribution in [1.29, 1.82) is 0 Å². The van der Waals surface area contributed by atoms with E-state index in [2.05, 4.69) is 10.3 Å². The van der Waals surface area contributed by atoms with Crippen LogP contribution in [0, 0.1) is 0 Å². The predicted octanol–water partition coefficient (Wildman–Crippen LogP) is 2.49. The Kier molecular flexibility index (Phi) is 9.45. The highest BCUT2D eigenvalue weighted by molar-refractivity contribution is 6.36. The number of halogens is 2. The summed E-state index contributed by atoms with van der Waals surface area (Å²) in [5, 5.41) is 3.66. The quantitative estimate of drug-likeness (QED) is 0.625. The van der Waals surface area contributed by atoms with Crippen LogP contribution in [0.3, 0.4) is 0 Å². The lowest BCUT2D eigenvalue weighted by molar-refractivity contribution is 0.0177. The van der Waals surface area contributed by atoms with Crippen molar-refractivity contribution in [1.82, 2.24) is 4.98 Å². The summed E-state index contributed by atoms with van der Waals surface area (Å²) in [7, 11) is 3.35. The molecule has 21 heavy (non-hydrogen) atoms. The summed E-state index contributed by atoms with van der Waals surface area (Å²) >= 11 is 11.9. The fourth-order valence-electron chi connectivity index (χ4n) is 1.39. The molecule has 0 bridgehead atoms. The summed E-state index contributed by atoms with van der Waals surface area (Å²) < 4.78 is 20.9. The van der Waals surface area contributed by atoms with Gasteiger partial charge in [-0.2, -0.15) is 4.98 Å². The summed E-state index contributed by atoms with van der Waals surface area (Å²) in [5.41, 5.74) is 0.